The highest BCUT2D eigenvalue weighted by molar-refractivity contribution is 5.30. The van der Waals surface area contributed by atoms with Gasteiger partial charge in [-0.2, -0.15) is 0 Å². The van der Waals surface area contributed by atoms with E-state index < -0.39 is 0 Å². The fourth-order valence-corrected chi connectivity index (χ4v) is 3.65. The van der Waals surface area contributed by atoms with Gasteiger partial charge in [-0.25, -0.2) is 0 Å². The minimum atomic E-state index is -0.142. The molecule has 31 heavy (non-hydrogen) atoms. The number of rotatable bonds is 9. The average molecular weight is 409 g/mol. The van der Waals surface area contributed by atoms with E-state index in [0.717, 1.165) is 23.4 Å². The summed E-state index contributed by atoms with van der Waals surface area (Å²) in [5, 5.41) is 3.66. The first kappa shape index (κ1) is 20.9. The summed E-state index contributed by atoms with van der Waals surface area (Å²) in [7, 11) is 0. The second kappa shape index (κ2) is 10.6. The van der Waals surface area contributed by atoms with Crippen LogP contribution in [0.3, 0.4) is 0 Å². The number of hydrogen-bond acceptors (Lipinski definition) is 3. The van der Waals surface area contributed by atoms with Gasteiger partial charge in [0.05, 0.1) is 6.04 Å². The summed E-state index contributed by atoms with van der Waals surface area (Å²) < 4.78 is 5.90. The summed E-state index contributed by atoms with van der Waals surface area (Å²) in [6, 6.07) is 39.0. The van der Waals surface area contributed by atoms with Crippen LogP contribution in [-0.4, -0.2) is 0 Å². The summed E-state index contributed by atoms with van der Waals surface area (Å²) in [6.45, 7) is 1.29. The van der Waals surface area contributed by atoms with Crippen molar-refractivity contribution in [2.45, 2.75) is 25.2 Å². The lowest BCUT2D eigenvalue weighted by atomic mass is 9.94. The Morgan fingerprint density at radius 3 is 1.77 bits per heavy atom. The number of benzene rings is 4. The molecule has 3 N–H and O–H groups in total. The second-order valence-corrected chi connectivity index (χ2v) is 7.62. The molecule has 0 saturated heterocycles. The quantitative estimate of drug-likeness (QED) is 0.368. The van der Waals surface area contributed by atoms with E-state index in [2.05, 4.69) is 66.0 Å². The largest absolute Gasteiger partial charge is 0.489 e. The van der Waals surface area contributed by atoms with Gasteiger partial charge < -0.3 is 15.8 Å². The molecular formula is C28H28N2O. The Hall–Kier alpha value is -3.40. The predicted octanol–water partition coefficient (Wildman–Crippen LogP) is 5.80. The highest BCUT2D eigenvalue weighted by atomic mass is 16.5. The molecule has 4 rings (SSSR count). The van der Waals surface area contributed by atoms with E-state index in [1.807, 2.05) is 54.6 Å². The molecule has 0 amide bonds. The van der Waals surface area contributed by atoms with Gasteiger partial charge in [0.1, 0.15) is 12.4 Å². The van der Waals surface area contributed by atoms with Crippen LogP contribution in [0.15, 0.2) is 115 Å². The highest BCUT2D eigenvalue weighted by Gasteiger charge is 2.20. The fourth-order valence-electron chi connectivity index (χ4n) is 3.65. The molecule has 3 nitrogen and oxygen atoms in total. The van der Waals surface area contributed by atoms with E-state index in [4.69, 9.17) is 10.5 Å². The Bertz CT molecular complexity index is 1030. The van der Waals surface area contributed by atoms with Gasteiger partial charge in [-0.05, 0) is 34.4 Å². The van der Waals surface area contributed by atoms with Crippen LogP contribution in [0.1, 0.15) is 34.3 Å². The van der Waals surface area contributed by atoms with Crippen LogP contribution in [0.5, 0.6) is 5.75 Å². The predicted molar refractivity (Wildman–Crippen MR) is 127 cm³/mol. The monoisotopic (exact) mass is 408 g/mol. The van der Waals surface area contributed by atoms with E-state index in [1.165, 1.54) is 11.1 Å². The third-order valence-electron chi connectivity index (χ3n) is 5.40. The summed E-state index contributed by atoms with van der Waals surface area (Å²) in [5.41, 5.74) is 11.3. The SMILES string of the molecule is N[C@@H](c1ccccc1)[C@@H](NCc1ccc(OCc2ccccc2)cc1)c1ccccc1. The van der Waals surface area contributed by atoms with Crippen molar-refractivity contribution in [3.63, 3.8) is 0 Å². The van der Waals surface area contributed by atoms with Gasteiger partial charge in [0, 0.05) is 12.6 Å². The normalized spacial score (nSPS) is 12.8. The van der Waals surface area contributed by atoms with Crippen LogP contribution in [0.25, 0.3) is 0 Å². The van der Waals surface area contributed by atoms with Crippen LogP contribution in [0, 0.1) is 0 Å². The molecule has 0 fully saturated rings. The van der Waals surface area contributed by atoms with E-state index in [0.29, 0.717) is 6.61 Å². The maximum absolute atomic E-state index is 6.67. The van der Waals surface area contributed by atoms with E-state index in [1.54, 1.807) is 0 Å². The molecule has 4 aromatic carbocycles. The Balaban J connectivity index is 1.41. The fraction of sp³-hybridized carbons (Fsp3) is 0.143. The van der Waals surface area contributed by atoms with Crippen LogP contribution < -0.4 is 15.8 Å². The third kappa shape index (κ3) is 5.82. The summed E-state index contributed by atoms with van der Waals surface area (Å²) in [5.74, 6) is 0.869. The van der Waals surface area contributed by atoms with Crippen molar-refractivity contribution in [2.75, 3.05) is 0 Å². The minimum Gasteiger partial charge on any atom is -0.489 e. The van der Waals surface area contributed by atoms with E-state index in [9.17, 15) is 0 Å². The molecule has 0 spiro atoms. The summed E-state index contributed by atoms with van der Waals surface area (Å²) in [4.78, 5) is 0. The molecule has 4 aromatic rings. The number of nitrogens with two attached hydrogens (primary N) is 1. The number of ether oxygens (including phenoxy) is 1. The maximum Gasteiger partial charge on any atom is 0.119 e. The van der Waals surface area contributed by atoms with Gasteiger partial charge in [-0.15, -0.1) is 0 Å². The molecule has 0 heterocycles. The lowest BCUT2D eigenvalue weighted by Crippen LogP contribution is -2.31. The first-order valence-electron chi connectivity index (χ1n) is 10.6. The smallest absolute Gasteiger partial charge is 0.119 e. The lowest BCUT2D eigenvalue weighted by Gasteiger charge is -2.26. The van der Waals surface area contributed by atoms with Gasteiger partial charge in [0.2, 0.25) is 0 Å². The molecule has 0 aliphatic carbocycles. The van der Waals surface area contributed by atoms with Crippen molar-refractivity contribution in [3.05, 3.63) is 138 Å². The Morgan fingerprint density at radius 1 is 0.613 bits per heavy atom. The molecule has 0 bridgehead atoms. The molecule has 3 heteroatoms. The van der Waals surface area contributed by atoms with Crippen LogP contribution >= 0.6 is 0 Å². The molecule has 2 atom stereocenters. The third-order valence-corrected chi connectivity index (χ3v) is 5.40. The standard InChI is InChI=1S/C28H28N2O/c29-27(24-12-6-2-7-13-24)28(25-14-8-3-9-15-25)30-20-22-16-18-26(19-17-22)31-21-23-10-4-1-5-11-23/h1-19,27-28,30H,20-21,29H2/t27-,28-/m0/s1. The van der Waals surface area contributed by atoms with Gasteiger partial charge in [0.15, 0.2) is 0 Å². The topological polar surface area (TPSA) is 47.3 Å². The minimum absolute atomic E-state index is 0.0117. The average Bonchev–Trinajstić information content (AvgIpc) is 2.85. The van der Waals surface area contributed by atoms with Crippen molar-refractivity contribution in [3.8, 4) is 5.75 Å². The van der Waals surface area contributed by atoms with Crippen LogP contribution in [-0.2, 0) is 13.2 Å². The van der Waals surface area contributed by atoms with Gasteiger partial charge in [0.25, 0.3) is 0 Å². The first-order valence-corrected chi connectivity index (χ1v) is 10.6. The number of hydrogen-bond donors (Lipinski definition) is 2. The highest BCUT2D eigenvalue weighted by Crippen LogP contribution is 2.27. The Morgan fingerprint density at radius 2 is 1.16 bits per heavy atom. The molecule has 0 aliphatic heterocycles. The van der Waals surface area contributed by atoms with Crippen LogP contribution in [0.2, 0.25) is 0 Å². The van der Waals surface area contributed by atoms with Crippen molar-refractivity contribution < 1.29 is 4.74 Å². The van der Waals surface area contributed by atoms with Crippen molar-refractivity contribution in [1.29, 1.82) is 0 Å². The second-order valence-electron chi connectivity index (χ2n) is 7.62. The molecule has 0 saturated carbocycles. The Labute approximate surface area is 184 Å². The first-order chi connectivity index (χ1) is 15.3. The molecule has 0 aromatic heterocycles. The zero-order valence-electron chi connectivity index (χ0n) is 17.5. The van der Waals surface area contributed by atoms with Gasteiger partial charge in [-0.1, -0.05) is 103 Å². The summed E-state index contributed by atoms with van der Waals surface area (Å²) in [6.07, 6.45) is 0. The zero-order valence-corrected chi connectivity index (χ0v) is 17.5. The summed E-state index contributed by atoms with van der Waals surface area (Å²) >= 11 is 0. The molecule has 0 aliphatic rings. The zero-order chi connectivity index (χ0) is 21.3. The maximum atomic E-state index is 6.67. The lowest BCUT2D eigenvalue weighted by molar-refractivity contribution is 0.306. The van der Waals surface area contributed by atoms with Crippen LogP contribution in [0.4, 0.5) is 0 Å². The van der Waals surface area contributed by atoms with Gasteiger partial charge in [-0.3, -0.25) is 0 Å². The molecule has 156 valence electrons. The number of nitrogens with one attached hydrogen (secondary N) is 1. The molecular weight excluding hydrogens is 380 g/mol. The van der Waals surface area contributed by atoms with E-state index >= 15 is 0 Å². The Kier molecular flexibility index (Phi) is 7.12. The van der Waals surface area contributed by atoms with E-state index in [-0.39, 0.29) is 12.1 Å². The molecule has 0 unspecified atom stereocenters. The van der Waals surface area contributed by atoms with Crippen molar-refractivity contribution in [2.24, 2.45) is 5.73 Å². The van der Waals surface area contributed by atoms with Crippen molar-refractivity contribution in [1.82, 2.24) is 5.32 Å². The molecule has 0 radical (unpaired) electrons. The van der Waals surface area contributed by atoms with Crippen molar-refractivity contribution >= 4 is 0 Å². The van der Waals surface area contributed by atoms with Gasteiger partial charge >= 0.3 is 0 Å².